The molecule has 0 radical (unpaired) electrons. The van der Waals surface area contributed by atoms with Crippen molar-refractivity contribution in [3.05, 3.63) is 42.5 Å². The summed E-state index contributed by atoms with van der Waals surface area (Å²) in [6.45, 7) is 1.43. The summed E-state index contributed by atoms with van der Waals surface area (Å²) in [6.07, 6.45) is 3.51. The standard InChI is InChI=1S/C16H21N5O4S/c22-14-5-8-21(10-14)26(24,25)15-4-1-3-13(9-15)16(23)18-6-2-7-20-12-17-11-19-20/h1,3-4,9,11-12,14,22H,2,5-8,10H2,(H,18,23)/t14-/m1/s1. The van der Waals surface area contributed by atoms with E-state index in [1.165, 1.54) is 22.8 Å². The Bertz CT molecular complexity index is 853. The Morgan fingerprint density at radius 3 is 2.92 bits per heavy atom. The Morgan fingerprint density at radius 2 is 2.23 bits per heavy atom. The molecule has 2 heterocycles. The van der Waals surface area contributed by atoms with E-state index in [-0.39, 0.29) is 29.5 Å². The fourth-order valence-electron chi connectivity index (χ4n) is 2.77. The number of nitrogens with zero attached hydrogens (tertiary/aromatic N) is 4. The Morgan fingerprint density at radius 1 is 1.38 bits per heavy atom. The molecule has 0 aliphatic carbocycles. The fourth-order valence-corrected chi connectivity index (χ4v) is 4.31. The second-order valence-corrected chi connectivity index (χ2v) is 8.04. The van der Waals surface area contributed by atoms with Crippen molar-refractivity contribution in [3.63, 3.8) is 0 Å². The highest BCUT2D eigenvalue weighted by Crippen LogP contribution is 2.21. The summed E-state index contributed by atoms with van der Waals surface area (Å²) in [7, 11) is -3.71. The number of benzene rings is 1. The van der Waals surface area contributed by atoms with Gasteiger partial charge in [0.05, 0.1) is 11.0 Å². The maximum Gasteiger partial charge on any atom is 0.251 e. The molecule has 1 aliphatic heterocycles. The highest BCUT2D eigenvalue weighted by atomic mass is 32.2. The van der Waals surface area contributed by atoms with Crippen LogP contribution >= 0.6 is 0 Å². The summed E-state index contributed by atoms with van der Waals surface area (Å²) < 4.78 is 28.1. The summed E-state index contributed by atoms with van der Waals surface area (Å²) in [5.74, 6) is -0.331. The number of amides is 1. The highest BCUT2D eigenvalue weighted by molar-refractivity contribution is 7.89. The van der Waals surface area contributed by atoms with Crippen LogP contribution < -0.4 is 5.32 Å². The number of carbonyl (C=O) groups is 1. The number of nitrogens with one attached hydrogen (secondary N) is 1. The van der Waals surface area contributed by atoms with Crippen LogP contribution in [0.3, 0.4) is 0 Å². The SMILES string of the molecule is O=C(NCCCn1cncn1)c1cccc(S(=O)(=O)N2CC[C@@H](O)C2)c1. The van der Waals surface area contributed by atoms with Crippen LogP contribution in [0.4, 0.5) is 0 Å². The van der Waals surface area contributed by atoms with E-state index >= 15 is 0 Å². The number of aromatic nitrogens is 3. The molecule has 1 atom stereocenters. The average molecular weight is 379 g/mol. The van der Waals surface area contributed by atoms with Gasteiger partial charge in [0.25, 0.3) is 5.91 Å². The minimum atomic E-state index is -3.71. The van der Waals surface area contributed by atoms with Gasteiger partial charge in [-0.25, -0.2) is 13.4 Å². The van der Waals surface area contributed by atoms with Gasteiger partial charge in [0, 0.05) is 31.7 Å². The summed E-state index contributed by atoms with van der Waals surface area (Å²) in [6, 6.07) is 5.95. The van der Waals surface area contributed by atoms with Crippen molar-refractivity contribution >= 4 is 15.9 Å². The second kappa shape index (κ2) is 7.94. The van der Waals surface area contributed by atoms with E-state index in [1.807, 2.05) is 0 Å². The van der Waals surface area contributed by atoms with Crippen molar-refractivity contribution in [2.45, 2.75) is 30.4 Å². The van der Waals surface area contributed by atoms with E-state index in [1.54, 1.807) is 23.1 Å². The molecule has 1 aliphatic rings. The molecule has 0 saturated carbocycles. The number of carbonyl (C=O) groups excluding carboxylic acids is 1. The van der Waals surface area contributed by atoms with Crippen LogP contribution in [0.2, 0.25) is 0 Å². The first-order chi connectivity index (χ1) is 12.5. The molecular weight excluding hydrogens is 358 g/mol. The molecule has 1 aromatic carbocycles. The molecule has 0 unspecified atom stereocenters. The molecule has 140 valence electrons. The van der Waals surface area contributed by atoms with Crippen LogP contribution in [0, 0.1) is 0 Å². The molecule has 2 aromatic rings. The van der Waals surface area contributed by atoms with Gasteiger partial charge in [0.1, 0.15) is 12.7 Å². The molecule has 1 fully saturated rings. The predicted molar refractivity (Wildman–Crippen MR) is 92.8 cm³/mol. The molecule has 1 aromatic heterocycles. The smallest absolute Gasteiger partial charge is 0.251 e. The zero-order chi connectivity index (χ0) is 18.6. The number of β-amino-alcohol motifs (C(OH)–C–C–N with tert-alkyl or cyclic N) is 1. The van der Waals surface area contributed by atoms with E-state index in [0.717, 1.165) is 0 Å². The number of aliphatic hydroxyl groups is 1. The molecule has 10 heteroatoms. The van der Waals surface area contributed by atoms with E-state index in [2.05, 4.69) is 15.4 Å². The monoisotopic (exact) mass is 379 g/mol. The Kier molecular flexibility index (Phi) is 5.64. The molecule has 26 heavy (non-hydrogen) atoms. The first kappa shape index (κ1) is 18.5. The van der Waals surface area contributed by atoms with E-state index in [9.17, 15) is 18.3 Å². The van der Waals surface area contributed by atoms with Crippen molar-refractivity contribution in [2.75, 3.05) is 19.6 Å². The molecule has 1 amide bonds. The van der Waals surface area contributed by atoms with Crippen molar-refractivity contribution in [3.8, 4) is 0 Å². The van der Waals surface area contributed by atoms with Gasteiger partial charge in [-0.15, -0.1) is 0 Å². The highest BCUT2D eigenvalue weighted by Gasteiger charge is 2.31. The normalized spacial score (nSPS) is 18.1. The van der Waals surface area contributed by atoms with Gasteiger partial charge in [-0.2, -0.15) is 9.40 Å². The fraction of sp³-hybridized carbons (Fsp3) is 0.438. The first-order valence-electron chi connectivity index (χ1n) is 8.36. The van der Waals surface area contributed by atoms with Crippen LogP contribution in [0.1, 0.15) is 23.2 Å². The molecule has 0 spiro atoms. The number of hydrogen-bond donors (Lipinski definition) is 2. The quantitative estimate of drug-likeness (QED) is 0.646. The Labute approximate surface area is 151 Å². The molecule has 0 bridgehead atoms. The van der Waals surface area contributed by atoms with Crippen molar-refractivity contribution < 1.29 is 18.3 Å². The van der Waals surface area contributed by atoms with Gasteiger partial charge >= 0.3 is 0 Å². The molecular formula is C16H21N5O4S. The summed E-state index contributed by atoms with van der Waals surface area (Å²) in [5.41, 5.74) is 0.284. The van der Waals surface area contributed by atoms with Crippen LogP contribution in [-0.4, -0.2) is 64.2 Å². The van der Waals surface area contributed by atoms with Crippen LogP contribution in [-0.2, 0) is 16.6 Å². The zero-order valence-corrected chi connectivity index (χ0v) is 15.0. The minimum Gasteiger partial charge on any atom is -0.392 e. The molecule has 3 rings (SSSR count). The van der Waals surface area contributed by atoms with Crippen LogP contribution in [0.15, 0.2) is 41.8 Å². The van der Waals surface area contributed by atoms with E-state index in [4.69, 9.17) is 0 Å². The lowest BCUT2D eigenvalue weighted by molar-refractivity contribution is 0.0952. The third-order valence-corrected chi connectivity index (χ3v) is 6.04. The zero-order valence-electron chi connectivity index (χ0n) is 14.2. The third kappa shape index (κ3) is 4.26. The lowest BCUT2D eigenvalue weighted by Crippen LogP contribution is -2.30. The lowest BCUT2D eigenvalue weighted by atomic mass is 10.2. The topological polar surface area (TPSA) is 117 Å². The van der Waals surface area contributed by atoms with Gasteiger partial charge in [-0.1, -0.05) is 6.07 Å². The molecule has 2 N–H and O–H groups in total. The van der Waals surface area contributed by atoms with Crippen molar-refractivity contribution in [1.82, 2.24) is 24.4 Å². The first-order valence-corrected chi connectivity index (χ1v) is 9.80. The maximum absolute atomic E-state index is 12.6. The van der Waals surface area contributed by atoms with Crippen LogP contribution in [0.25, 0.3) is 0 Å². The summed E-state index contributed by atoms with van der Waals surface area (Å²) >= 11 is 0. The second-order valence-electron chi connectivity index (χ2n) is 6.10. The van der Waals surface area contributed by atoms with Crippen molar-refractivity contribution in [2.24, 2.45) is 0 Å². The van der Waals surface area contributed by atoms with Gasteiger partial charge in [-0.3, -0.25) is 9.48 Å². The van der Waals surface area contributed by atoms with E-state index < -0.39 is 16.1 Å². The Hall–Kier alpha value is -2.30. The number of aryl methyl sites for hydroxylation is 1. The van der Waals surface area contributed by atoms with Crippen LogP contribution in [0.5, 0.6) is 0 Å². The largest absolute Gasteiger partial charge is 0.392 e. The van der Waals surface area contributed by atoms with Gasteiger partial charge in [-0.05, 0) is 31.0 Å². The summed E-state index contributed by atoms with van der Waals surface area (Å²) in [5, 5.41) is 16.3. The summed E-state index contributed by atoms with van der Waals surface area (Å²) in [4.78, 5) is 16.2. The minimum absolute atomic E-state index is 0.0573. The number of hydrogen-bond acceptors (Lipinski definition) is 6. The third-order valence-electron chi connectivity index (χ3n) is 4.18. The van der Waals surface area contributed by atoms with Gasteiger partial charge in [0.15, 0.2) is 0 Å². The average Bonchev–Trinajstić information content (AvgIpc) is 3.30. The van der Waals surface area contributed by atoms with Crippen molar-refractivity contribution in [1.29, 1.82) is 0 Å². The predicted octanol–water partition coefficient (Wildman–Crippen LogP) is -0.147. The maximum atomic E-state index is 12.6. The number of aliphatic hydroxyl groups excluding tert-OH is 1. The molecule has 1 saturated heterocycles. The number of rotatable bonds is 7. The number of sulfonamides is 1. The lowest BCUT2D eigenvalue weighted by Gasteiger charge is -2.16. The van der Waals surface area contributed by atoms with Gasteiger partial charge in [0.2, 0.25) is 10.0 Å². The van der Waals surface area contributed by atoms with E-state index in [0.29, 0.717) is 25.9 Å². The molecule has 9 nitrogen and oxygen atoms in total. The Balaban J connectivity index is 1.60. The van der Waals surface area contributed by atoms with Gasteiger partial charge < -0.3 is 10.4 Å².